The van der Waals surface area contributed by atoms with E-state index in [1.807, 2.05) is 29.2 Å². The van der Waals surface area contributed by atoms with Gasteiger partial charge in [0.2, 0.25) is 12.7 Å². The number of carbonyl (C=O) groups excluding carboxylic acids is 2. The first kappa shape index (κ1) is 17.9. The van der Waals surface area contributed by atoms with Crippen LogP contribution in [0.4, 0.5) is 0 Å². The minimum atomic E-state index is -0.306. The van der Waals surface area contributed by atoms with Crippen molar-refractivity contribution in [3.63, 3.8) is 0 Å². The van der Waals surface area contributed by atoms with Gasteiger partial charge < -0.3 is 19.7 Å². The van der Waals surface area contributed by atoms with Gasteiger partial charge in [-0.3, -0.25) is 9.59 Å². The van der Waals surface area contributed by atoms with Crippen molar-refractivity contribution in [2.45, 2.75) is 18.9 Å². The minimum Gasteiger partial charge on any atom is -0.454 e. The number of hydrogen-bond donors (Lipinski definition) is 1. The third-order valence-electron chi connectivity index (χ3n) is 4.84. The third-order valence-corrected chi connectivity index (χ3v) is 5.33. The summed E-state index contributed by atoms with van der Waals surface area (Å²) >= 11 is 3.48. The maximum Gasteiger partial charge on any atom is 0.251 e. The monoisotopic (exact) mass is 430 g/mol. The number of carbonyl (C=O) groups is 2. The molecule has 140 valence electrons. The van der Waals surface area contributed by atoms with Gasteiger partial charge in [-0.25, -0.2) is 0 Å². The van der Waals surface area contributed by atoms with Crippen molar-refractivity contribution in [2.24, 2.45) is 0 Å². The number of likely N-dealkylation sites (tertiary alicyclic amines) is 1. The second-order valence-electron chi connectivity index (χ2n) is 6.55. The minimum absolute atomic E-state index is 0.0300. The second kappa shape index (κ2) is 7.60. The Labute approximate surface area is 165 Å². The van der Waals surface area contributed by atoms with Gasteiger partial charge in [0.05, 0.1) is 12.6 Å². The fraction of sp³-hybridized carbons (Fsp3) is 0.300. The zero-order valence-corrected chi connectivity index (χ0v) is 16.2. The van der Waals surface area contributed by atoms with Gasteiger partial charge in [0.1, 0.15) is 0 Å². The molecule has 4 rings (SSSR count). The highest BCUT2D eigenvalue weighted by molar-refractivity contribution is 9.10. The molecule has 2 amide bonds. The molecule has 1 N–H and O–H groups in total. The number of ether oxygens (including phenoxy) is 2. The Morgan fingerprint density at radius 2 is 2.00 bits per heavy atom. The topological polar surface area (TPSA) is 67.9 Å². The Bertz CT molecular complexity index is 886. The number of nitrogens with one attached hydrogen (secondary N) is 1. The van der Waals surface area contributed by atoms with E-state index in [2.05, 4.69) is 21.2 Å². The largest absolute Gasteiger partial charge is 0.454 e. The lowest BCUT2D eigenvalue weighted by atomic mass is 10.0. The Hall–Kier alpha value is -2.54. The summed E-state index contributed by atoms with van der Waals surface area (Å²) in [6.07, 6.45) is 1.89. The van der Waals surface area contributed by atoms with Crippen molar-refractivity contribution < 1.29 is 19.1 Å². The van der Waals surface area contributed by atoms with Crippen LogP contribution in [-0.4, -0.2) is 36.6 Å². The normalized spacial score (nSPS) is 17.8. The van der Waals surface area contributed by atoms with E-state index in [4.69, 9.17) is 9.47 Å². The summed E-state index contributed by atoms with van der Waals surface area (Å²) in [4.78, 5) is 26.9. The van der Waals surface area contributed by atoms with Gasteiger partial charge in [0, 0.05) is 16.6 Å². The van der Waals surface area contributed by atoms with Crippen LogP contribution in [0.25, 0.3) is 0 Å². The van der Waals surface area contributed by atoms with Crippen LogP contribution in [0.3, 0.4) is 0 Å². The predicted octanol–water partition coefficient (Wildman–Crippen LogP) is 3.27. The molecule has 0 saturated carbocycles. The fourth-order valence-corrected chi connectivity index (χ4v) is 3.94. The van der Waals surface area contributed by atoms with Crippen LogP contribution in [0.15, 0.2) is 46.9 Å². The van der Waals surface area contributed by atoms with Gasteiger partial charge in [-0.15, -0.1) is 0 Å². The summed E-state index contributed by atoms with van der Waals surface area (Å²) in [5.41, 5.74) is 1.55. The molecule has 2 aliphatic rings. The molecule has 0 spiro atoms. The lowest BCUT2D eigenvalue weighted by Gasteiger charge is -2.25. The van der Waals surface area contributed by atoms with Crippen molar-refractivity contribution in [1.29, 1.82) is 0 Å². The highest BCUT2D eigenvalue weighted by Gasteiger charge is 2.30. The Morgan fingerprint density at radius 3 is 2.85 bits per heavy atom. The molecule has 0 bridgehead atoms. The summed E-state index contributed by atoms with van der Waals surface area (Å²) in [6, 6.07) is 13.1. The van der Waals surface area contributed by atoms with Crippen molar-refractivity contribution in [1.82, 2.24) is 10.2 Å². The molecule has 7 heteroatoms. The summed E-state index contributed by atoms with van der Waals surface area (Å²) in [5.74, 6) is 0.784. The zero-order chi connectivity index (χ0) is 18.8. The van der Waals surface area contributed by atoms with E-state index < -0.39 is 0 Å². The first-order chi connectivity index (χ1) is 13.1. The summed E-state index contributed by atoms with van der Waals surface area (Å²) in [6.45, 7) is 0.832. The lowest BCUT2D eigenvalue weighted by molar-refractivity contribution is -0.131. The van der Waals surface area contributed by atoms with Gasteiger partial charge in [0.25, 0.3) is 5.91 Å². The molecule has 1 fully saturated rings. The van der Waals surface area contributed by atoms with Crippen LogP contribution < -0.4 is 14.8 Å². The molecule has 1 saturated heterocycles. The lowest BCUT2D eigenvalue weighted by Crippen LogP contribution is -2.39. The van der Waals surface area contributed by atoms with Crippen LogP contribution in [0.5, 0.6) is 11.5 Å². The van der Waals surface area contributed by atoms with Crippen LogP contribution >= 0.6 is 15.9 Å². The molecule has 27 heavy (non-hydrogen) atoms. The molecule has 6 nitrogen and oxygen atoms in total. The highest BCUT2D eigenvalue weighted by atomic mass is 79.9. The molecule has 0 aromatic heterocycles. The smallest absolute Gasteiger partial charge is 0.251 e. The average molecular weight is 431 g/mol. The predicted molar refractivity (Wildman–Crippen MR) is 103 cm³/mol. The van der Waals surface area contributed by atoms with Crippen LogP contribution in [-0.2, 0) is 4.79 Å². The van der Waals surface area contributed by atoms with Crippen LogP contribution in [0.2, 0.25) is 0 Å². The maximum absolute atomic E-state index is 12.7. The van der Waals surface area contributed by atoms with E-state index in [0.29, 0.717) is 23.6 Å². The summed E-state index contributed by atoms with van der Waals surface area (Å²) in [7, 11) is 0. The van der Waals surface area contributed by atoms with Crippen LogP contribution in [0, 0.1) is 0 Å². The van der Waals surface area contributed by atoms with E-state index in [9.17, 15) is 9.59 Å². The molecule has 2 aliphatic heterocycles. The maximum atomic E-state index is 12.7. The van der Waals surface area contributed by atoms with E-state index in [-0.39, 0.29) is 31.2 Å². The Kier molecular flexibility index (Phi) is 5.03. The SMILES string of the molecule is O=C(NCC(=O)N1CCC[C@H]1c1cccc(Br)c1)c1ccc2c(c1)OCO2. The van der Waals surface area contributed by atoms with E-state index >= 15 is 0 Å². The molecular weight excluding hydrogens is 412 g/mol. The Balaban J connectivity index is 1.39. The highest BCUT2D eigenvalue weighted by Crippen LogP contribution is 2.33. The van der Waals surface area contributed by atoms with Gasteiger partial charge in [0.15, 0.2) is 11.5 Å². The van der Waals surface area contributed by atoms with Crippen molar-refractivity contribution in [2.75, 3.05) is 19.9 Å². The number of nitrogens with zero attached hydrogens (tertiary/aromatic N) is 1. The standard InChI is InChI=1S/C20H19BrN2O4/c21-15-4-1-3-13(9-15)16-5-2-8-23(16)19(24)11-22-20(25)14-6-7-17-18(10-14)27-12-26-17/h1,3-4,6-7,9-10,16H,2,5,8,11-12H2,(H,22,25)/t16-/m0/s1. The average Bonchev–Trinajstić information content (AvgIpc) is 3.34. The number of rotatable bonds is 4. The quantitative estimate of drug-likeness (QED) is 0.807. The summed E-state index contributed by atoms with van der Waals surface area (Å²) < 4.78 is 11.5. The zero-order valence-electron chi connectivity index (χ0n) is 14.6. The first-order valence-electron chi connectivity index (χ1n) is 8.84. The Morgan fingerprint density at radius 1 is 1.15 bits per heavy atom. The number of fused-ring (bicyclic) bond motifs is 1. The molecule has 2 aromatic carbocycles. The van der Waals surface area contributed by atoms with Crippen LogP contribution in [0.1, 0.15) is 34.8 Å². The number of halogens is 1. The molecule has 2 aromatic rings. The van der Waals surface area contributed by atoms with Gasteiger partial charge in [-0.2, -0.15) is 0 Å². The fourth-order valence-electron chi connectivity index (χ4n) is 3.52. The summed E-state index contributed by atoms with van der Waals surface area (Å²) in [5, 5.41) is 2.71. The van der Waals surface area contributed by atoms with E-state index in [0.717, 1.165) is 22.9 Å². The van der Waals surface area contributed by atoms with Gasteiger partial charge in [-0.05, 0) is 48.7 Å². The van der Waals surface area contributed by atoms with Gasteiger partial charge in [-0.1, -0.05) is 28.1 Å². The molecule has 0 radical (unpaired) electrons. The van der Waals surface area contributed by atoms with Crippen molar-refractivity contribution in [3.8, 4) is 11.5 Å². The number of amides is 2. The molecular formula is C20H19BrN2O4. The van der Waals surface area contributed by atoms with Gasteiger partial charge >= 0.3 is 0 Å². The molecule has 1 atom stereocenters. The molecule has 0 unspecified atom stereocenters. The molecule has 2 heterocycles. The first-order valence-corrected chi connectivity index (χ1v) is 9.64. The second-order valence-corrected chi connectivity index (χ2v) is 7.47. The van der Waals surface area contributed by atoms with E-state index in [1.54, 1.807) is 18.2 Å². The molecule has 0 aliphatic carbocycles. The number of hydrogen-bond acceptors (Lipinski definition) is 4. The number of benzene rings is 2. The third kappa shape index (κ3) is 3.78. The van der Waals surface area contributed by atoms with Crippen molar-refractivity contribution in [3.05, 3.63) is 58.1 Å². The van der Waals surface area contributed by atoms with Crippen molar-refractivity contribution >= 4 is 27.7 Å². The van der Waals surface area contributed by atoms with E-state index in [1.165, 1.54) is 0 Å².